The van der Waals surface area contributed by atoms with Gasteiger partial charge in [-0.15, -0.1) is 11.6 Å². The summed E-state index contributed by atoms with van der Waals surface area (Å²) in [7, 11) is 1.61. The molecule has 4 nitrogen and oxygen atoms in total. The second-order valence-corrected chi connectivity index (χ2v) is 5.38. The molecule has 0 aliphatic heterocycles. The molecule has 0 amide bonds. The number of ether oxygens (including phenoxy) is 1. The number of alkyl halides is 1. The Kier molecular flexibility index (Phi) is 4.64. The number of nitrogens with one attached hydrogen (secondary N) is 1. The number of nitrogens with zero attached hydrogens (tertiary/aromatic N) is 2. The van der Waals surface area contributed by atoms with E-state index in [9.17, 15) is 0 Å². The molecular formula is C13H20ClN3O. The van der Waals surface area contributed by atoms with E-state index < -0.39 is 0 Å². The molecule has 1 N–H and O–H groups in total. The zero-order chi connectivity index (χ0) is 13.0. The number of halogens is 1. The van der Waals surface area contributed by atoms with Crippen LogP contribution in [-0.4, -0.2) is 29.0 Å². The smallest absolute Gasteiger partial charge is 0.226 e. The number of rotatable bonds is 4. The van der Waals surface area contributed by atoms with Crippen molar-refractivity contribution in [2.24, 2.45) is 5.92 Å². The summed E-state index contributed by atoms with van der Waals surface area (Å²) in [4.78, 5) is 8.62. The van der Waals surface area contributed by atoms with Crippen LogP contribution in [0.2, 0.25) is 0 Å². The van der Waals surface area contributed by atoms with Crippen LogP contribution in [0, 0.1) is 12.8 Å². The highest BCUT2D eigenvalue weighted by atomic mass is 35.5. The Morgan fingerprint density at radius 3 is 2.89 bits per heavy atom. The van der Waals surface area contributed by atoms with Gasteiger partial charge in [0.25, 0.3) is 0 Å². The fraction of sp³-hybridized carbons (Fsp3) is 0.692. The monoisotopic (exact) mass is 269 g/mol. The molecule has 5 heteroatoms. The number of aryl methyl sites for hydroxylation is 1. The summed E-state index contributed by atoms with van der Waals surface area (Å²) < 4.78 is 5.13. The number of hydrogen-bond acceptors (Lipinski definition) is 4. The lowest BCUT2D eigenvalue weighted by Gasteiger charge is -2.27. The Balaban J connectivity index is 1.94. The van der Waals surface area contributed by atoms with Gasteiger partial charge in [0.15, 0.2) is 0 Å². The summed E-state index contributed by atoms with van der Waals surface area (Å²) >= 11 is 6.33. The number of anilines is 1. The molecule has 0 aromatic carbocycles. The van der Waals surface area contributed by atoms with Gasteiger partial charge in [-0.1, -0.05) is 12.8 Å². The molecule has 1 fully saturated rings. The van der Waals surface area contributed by atoms with Crippen LogP contribution in [0.15, 0.2) is 6.07 Å². The second kappa shape index (κ2) is 6.23. The van der Waals surface area contributed by atoms with Crippen LogP contribution >= 0.6 is 11.6 Å². The molecule has 1 aliphatic rings. The third-order valence-electron chi connectivity index (χ3n) is 3.38. The molecule has 0 spiro atoms. The van der Waals surface area contributed by atoms with E-state index in [1.54, 1.807) is 7.11 Å². The normalized spacial score (nSPS) is 23.7. The highest BCUT2D eigenvalue weighted by Crippen LogP contribution is 2.28. The molecule has 2 rings (SSSR count). The predicted molar refractivity (Wildman–Crippen MR) is 73.4 cm³/mol. The van der Waals surface area contributed by atoms with Crippen molar-refractivity contribution in [3.05, 3.63) is 11.8 Å². The van der Waals surface area contributed by atoms with E-state index in [1.165, 1.54) is 19.3 Å². The van der Waals surface area contributed by atoms with Crippen molar-refractivity contribution in [3.8, 4) is 5.88 Å². The van der Waals surface area contributed by atoms with Crippen molar-refractivity contribution in [2.75, 3.05) is 19.0 Å². The van der Waals surface area contributed by atoms with Crippen LogP contribution in [0.1, 0.15) is 31.4 Å². The first-order valence-corrected chi connectivity index (χ1v) is 6.90. The Labute approximate surface area is 113 Å². The summed E-state index contributed by atoms with van der Waals surface area (Å²) in [6.07, 6.45) is 4.82. The molecule has 18 heavy (non-hydrogen) atoms. The zero-order valence-corrected chi connectivity index (χ0v) is 11.7. The molecule has 1 aliphatic carbocycles. The molecule has 0 saturated heterocycles. The third-order valence-corrected chi connectivity index (χ3v) is 3.95. The van der Waals surface area contributed by atoms with Crippen molar-refractivity contribution in [3.63, 3.8) is 0 Å². The topological polar surface area (TPSA) is 47.0 Å². The number of methoxy groups -OCH3 is 1. The summed E-state index contributed by atoms with van der Waals surface area (Å²) in [5, 5.41) is 3.55. The van der Waals surface area contributed by atoms with Crippen LogP contribution < -0.4 is 10.1 Å². The first-order valence-electron chi connectivity index (χ1n) is 6.46. The summed E-state index contributed by atoms with van der Waals surface area (Å²) in [6.45, 7) is 2.76. The van der Waals surface area contributed by atoms with Gasteiger partial charge < -0.3 is 10.1 Å². The van der Waals surface area contributed by atoms with Gasteiger partial charge in [0.1, 0.15) is 0 Å². The van der Waals surface area contributed by atoms with Gasteiger partial charge in [-0.2, -0.15) is 4.98 Å². The maximum absolute atomic E-state index is 6.33. The summed E-state index contributed by atoms with van der Waals surface area (Å²) in [5.74, 6) is 1.73. The minimum atomic E-state index is 0.276. The Bertz CT molecular complexity index is 400. The van der Waals surface area contributed by atoms with Crippen molar-refractivity contribution >= 4 is 17.5 Å². The van der Waals surface area contributed by atoms with Gasteiger partial charge in [-0.05, 0) is 25.7 Å². The highest BCUT2D eigenvalue weighted by Gasteiger charge is 2.23. The lowest BCUT2D eigenvalue weighted by atomic mass is 9.89. The summed E-state index contributed by atoms with van der Waals surface area (Å²) in [6, 6.07) is 1.82. The first-order chi connectivity index (χ1) is 8.69. The van der Waals surface area contributed by atoms with Crippen LogP contribution in [0.3, 0.4) is 0 Å². The molecular weight excluding hydrogens is 250 g/mol. The van der Waals surface area contributed by atoms with E-state index in [-0.39, 0.29) is 5.38 Å². The second-order valence-electron chi connectivity index (χ2n) is 4.82. The van der Waals surface area contributed by atoms with Gasteiger partial charge in [0.05, 0.1) is 7.11 Å². The molecule has 100 valence electrons. The molecule has 2 unspecified atom stereocenters. The van der Waals surface area contributed by atoms with Crippen molar-refractivity contribution in [1.82, 2.24) is 9.97 Å². The molecule has 1 aromatic rings. The SMILES string of the molecule is COc1cc(C)nc(NCC2CCCCC2Cl)n1. The molecule has 0 radical (unpaired) electrons. The fourth-order valence-corrected chi connectivity index (χ4v) is 2.71. The lowest BCUT2D eigenvalue weighted by molar-refractivity contribution is 0.379. The molecule has 1 saturated carbocycles. The Hall–Kier alpha value is -1.03. The van der Waals surface area contributed by atoms with Gasteiger partial charge >= 0.3 is 0 Å². The van der Waals surface area contributed by atoms with Crippen molar-refractivity contribution in [1.29, 1.82) is 0 Å². The highest BCUT2D eigenvalue weighted by molar-refractivity contribution is 6.20. The van der Waals surface area contributed by atoms with Gasteiger partial charge in [0, 0.05) is 23.7 Å². The Morgan fingerprint density at radius 1 is 1.39 bits per heavy atom. The maximum atomic E-state index is 6.33. The maximum Gasteiger partial charge on any atom is 0.226 e. The van der Waals surface area contributed by atoms with Gasteiger partial charge in [-0.25, -0.2) is 4.98 Å². The lowest BCUT2D eigenvalue weighted by Crippen LogP contribution is -2.27. The van der Waals surface area contributed by atoms with E-state index in [0.29, 0.717) is 17.7 Å². The van der Waals surface area contributed by atoms with E-state index in [1.807, 2.05) is 13.0 Å². The summed E-state index contributed by atoms with van der Waals surface area (Å²) in [5.41, 5.74) is 0.899. The van der Waals surface area contributed by atoms with E-state index in [4.69, 9.17) is 16.3 Å². The van der Waals surface area contributed by atoms with Crippen molar-refractivity contribution < 1.29 is 4.74 Å². The van der Waals surface area contributed by atoms with E-state index in [2.05, 4.69) is 15.3 Å². The molecule has 2 atom stereocenters. The predicted octanol–water partition coefficient (Wildman–Crippen LogP) is 3.00. The van der Waals surface area contributed by atoms with Crippen LogP contribution in [0.4, 0.5) is 5.95 Å². The largest absolute Gasteiger partial charge is 0.481 e. The fourth-order valence-electron chi connectivity index (χ4n) is 2.34. The van der Waals surface area contributed by atoms with E-state index >= 15 is 0 Å². The number of aromatic nitrogens is 2. The average Bonchev–Trinajstić information content (AvgIpc) is 2.37. The van der Waals surface area contributed by atoms with Gasteiger partial charge in [0.2, 0.25) is 11.8 Å². The molecule has 1 aromatic heterocycles. The van der Waals surface area contributed by atoms with Crippen LogP contribution in [0.25, 0.3) is 0 Å². The Morgan fingerprint density at radius 2 is 2.17 bits per heavy atom. The van der Waals surface area contributed by atoms with Gasteiger partial charge in [-0.3, -0.25) is 0 Å². The quantitative estimate of drug-likeness (QED) is 0.854. The molecule has 0 bridgehead atoms. The van der Waals surface area contributed by atoms with Crippen LogP contribution in [-0.2, 0) is 0 Å². The third kappa shape index (κ3) is 3.48. The average molecular weight is 270 g/mol. The number of hydrogen-bond donors (Lipinski definition) is 1. The minimum Gasteiger partial charge on any atom is -0.481 e. The minimum absolute atomic E-state index is 0.276. The van der Waals surface area contributed by atoms with Crippen LogP contribution in [0.5, 0.6) is 5.88 Å². The molecule has 1 heterocycles. The zero-order valence-electron chi connectivity index (χ0n) is 10.9. The first kappa shape index (κ1) is 13.4. The van der Waals surface area contributed by atoms with Crippen molar-refractivity contribution in [2.45, 2.75) is 38.0 Å². The standard InChI is InChI=1S/C13H20ClN3O/c1-9-7-12(18-2)17-13(16-9)15-8-10-5-3-4-6-11(10)14/h7,10-11H,3-6,8H2,1-2H3,(H,15,16,17). The van der Waals surface area contributed by atoms with E-state index in [0.717, 1.165) is 18.7 Å².